The van der Waals surface area contributed by atoms with Gasteiger partial charge in [0.2, 0.25) is 12.0 Å². The van der Waals surface area contributed by atoms with Gasteiger partial charge in [0.05, 0.1) is 5.69 Å². The number of anilines is 1. The number of para-hydroxylation sites is 3. The molecule has 0 bridgehead atoms. The molecule has 2 aromatic carbocycles. The minimum atomic E-state index is -0.485. The lowest BCUT2D eigenvalue weighted by Gasteiger charge is -2.23. The molecule has 1 amide bonds. The molecule has 0 fully saturated rings. The molecule has 1 aliphatic rings. The SMILES string of the molecule is O=C(CCSc1nnc(C2COc3ccccc3O2)o1)Nc1ccccc1F. The molecular formula is C19H16FN3O4S. The van der Waals surface area contributed by atoms with Crippen LogP contribution in [0.25, 0.3) is 0 Å². The summed E-state index contributed by atoms with van der Waals surface area (Å²) in [5, 5.41) is 10.8. The van der Waals surface area contributed by atoms with Gasteiger partial charge < -0.3 is 19.2 Å². The summed E-state index contributed by atoms with van der Waals surface area (Å²) in [6.07, 6.45) is -0.311. The number of aromatic nitrogens is 2. The lowest BCUT2D eigenvalue weighted by atomic mass is 10.2. The fourth-order valence-electron chi connectivity index (χ4n) is 2.56. The number of nitrogens with one attached hydrogen (secondary N) is 1. The highest BCUT2D eigenvalue weighted by Gasteiger charge is 2.27. The van der Waals surface area contributed by atoms with Crippen LogP contribution in [0.4, 0.5) is 10.1 Å². The van der Waals surface area contributed by atoms with Crippen LogP contribution in [0.3, 0.4) is 0 Å². The summed E-state index contributed by atoms with van der Waals surface area (Å²) in [7, 11) is 0. The Bertz CT molecular complexity index is 981. The first-order chi connectivity index (χ1) is 13.7. The van der Waals surface area contributed by atoms with Gasteiger partial charge in [-0.2, -0.15) is 0 Å². The zero-order chi connectivity index (χ0) is 19.3. The topological polar surface area (TPSA) is 86.5 Å². The Balaban J connectivity index is 1.27. The van der Waals surface area contributed by atoms with Gasteiger partial charge in [-0.1, -0.05) is 36.0 Å². The summed E-state index contributed by atoms with van der Waals surface area (Å²) in [5.41, 5.74) is 0.160. The van der Waals surface area contributed by atoms with Crippen LogP contribution in [0.1, 0.15) is 18.4 Å². The molecule has 3 aromatic rings. The third kappa shape index (κ3) is 4.25. The van der Waals surface area contributed by atoms with Gasteiger partial charge in [0.25, 0.3) is 11.1 Å². The maximum Gasteiger partial charge on any atom is 0.276 e. The van der Waals surface area contributed by atoms with Gasteiger partial charge in [0.15, 0.2) is 11.5 Å². The third-order valence-corrected chi connectivity index (χ3v) is 4.73. The predicted molar refractivity (Wildman–Crippen MR) is 100.0 cm³/mol. The van der Waals surface area contributed by atoms with Gasteiger partial charge in [-0.05, 0) is 24.3 Å². The summed E-state index contributed by atoms with van der Waals surface area (Å²) < 4.78 is 30.6. The average molecular weight is 401 g/mol. The lowest BCUT2D eigenvalue weighted by Crippen LogP contribution is -2.21. The van der Waals surface area contributed by atoms with Crippen LogP contribution in [-0.2, 0) is 4.79 Å². The largest absolute Gasteiger partial charge is 0.485 e. The van der Waals surface area contributed by atoms with E-state index < -0.39 is 11.9 Å². The highest BCUT2D eigenvalue weighted by Crippen LogP contribution is 2.35. The maximum absolute atomic E-state index is 13.5. The molecule has 0 aliphatic carbocycles. The Morgan fingerprint density at radius 1 is 1.14 bits per heavy atom. The first-order valence-corrected chi connectivity index (χ1v) is 9.56. The third-order valence-electron chi connectivity index (χ3n) is 3.91. The number of carbonyl (C=O) groups is 1. The van der Waals surface area contributed by atoms with E-state index in [1.54, 1.807) is 12.1 Å². The van der Waals surface area contributed by atoms with E-state index >= 15 is 0 Å². The van der Waals surface area contributed by atoms with E-state index in [-0.39, 0.29) is 24.6 Å². The molecule has 2 heterocycles. The molecule has 9 heteroatoms. The molecule has 0 radical (unpaired) electrons. The van der Waals surface area contributed by atoms with Crippen molar-refractivity contribution >= 4 is 23.4 Å². The van der Waals surface area contributed by atoms with Crippen molar-refractivity contribution in [3.05, 3.63) is 60.2 Å². The summed E-state index contributed by atoms with van der Waals surface area (Å²) in [5.74, 6) is 1.25. The fraction of sp³-hybridized carbons (Fsp3) is 0.211. The van der Waals surface area contributed by atoms with Gasteiger partial charge in [-0.25, -0.2) is 4.39 Å². The molecule has 1 N–H and O–H groups in total. The van der Waals surface area contributed by atoms with Crippen molar-refractivity contribution in [1.82, 2.24) is 10.2 Å². The Hall–Kier alpha value is -3.07. The van der Waals surface area contributed by atoms with E-state index in [1.165, 1.54) is 23.9 Å². The second-order valence-electron chi connectivity index (χ2n) is 5.90. The normalized spacial score (nSPS) is 15.2. The number of thioether (sulfide) groups is 1. The average Bonchev–Trinajstić information content (AvgIpc) is 3.18. The van der Waals surface area contributed by atoms with Crippen LogP contribution >= 0.6 is 11.8 Å². The summed E-state index contributed by atoms with van der Waals surface area (Å²) >= 11 is 1.24. The van der Waals surface area contributed by atoms with Crippen LogP contribution in [-0.4, -0.2) is 28.5 Å². The van der Waals surface area contributed by atoms with Crippen molar-refractivity contribution in [1.29, 1.82) is 0 Å². The van der Waals surface area contributed by atoms with E-state index in [2.05, 4.69) is 15.5 Å². The quantitative estimate of drug-likeness (QED) is 0.628. The molecule has 144 valence electrons. The zero-order valence-electron chi connectivity index (χ0n) is 14.6. The number of nitrogens with zero attached hydrogens (tertiary/aromatic N) is 2. The molecular weight excluding hydrogens is 385 g/mol. The first kappa shape index (κ1) is 18.3. The minimum absolute atomic E-state index is 0.160. The van der Waals surface area contributed by atoms with Crippen LogP contribution in [0.5, 0.6) is 11.5 Å². The highest BCUT2D eigenvalue weighted by molar-refractivity contribution is 7.99. The minimum Gasteiger partial charge on any atom is -0.485 e. The van der Waals surface area contributed by atoms with Gasteiger partial charge in [0.1, 0.15) is 12.4 Å². The second-order valence-corrected chi connectivity index (χ2v) is 6.94. The van der Waals surface area contributed by atoms with Gasteiger partial charge in [-0.15, -0.1) is 10.2 Å². The van der Waals surface area contributed by atoms with Crippen molar-refractivity contribution in [2.45, 2.75) is 17.7 Å². The smallest absolute Gasteiger partial charge is 0.276 e. The van der Waals surface area contributed by atoms with E-state index in [0.717, 1.165) is 0 Å². The number of hydrogen-bond acceptors (Lipinski definition) is 7. The predicted octanol–water partition coefficient (Wildman–Crippen LogP) is 3.84. The number of rotatable bonds is 6. The van der Waals surface area contributed by atoms with E-state index in [4.69, 9.17) is 13.9 Å². The molecule has 0 spiro atoms. The number of ether oxygens (including phenoxy) is 2. The Morgan fingerprint density at radius 2 is 1.93 bits per heavy atom. The van der Waals surface area contributed by atoms with Crippen molar-refractivity contribution in [3.8, 4) is 11.5 Å². The monoisotopic (exact) mass is 401 g/mol. The van der Waals surface area contributed by atoms with E-state index in [1.807, 2.05) is 24.3 Å². The number of halogens is 1. The highest BCUT2D eigenvalue weighted by atomic mass is 32.2. The van der Waals surface area contributed by atoms with Gasteiger partial charge in [0, 0.05) is 12.2 Å². The molecule has 28 heavy (non-hydrogen) atoms. The van der Waals surface area contributed by atoms with E-state index in [0.29, 0.717) is 28.4 Å². The van der Waals surface area contributed by atoms with Crippen LogP contribution < -0.4 is 14.8 Å². The molecule has 1 atom stereocenters. The van der Waals surface area contributed by atoms with Crippen LogP contribution in [0.15, 0.2) is 58.2 Å². The van der Waals surface area contributed by atoms with Gasteiger partial charge >= 0.3 is 0 Å². The maximum atomic E-state index is 13.5. The molecule has 1 unspecified atom stereocenters. The Morgan fingerprint density at radius 3 is 2.79 bits per heavy atom. The van der Waals surface area contributed by atoms with Gasteiger partial charge in [-0.3, -0.25) is 4.79 Å². The molecule has 1 aliphatic heterocycles. The van der Waals surface area contributed by atoms with Crippen molar-refractivity contribution in [2.75, 3.05) is 17.7 Å². The first-order valence-electron chi connectivity index (χ1n) is 8.58. The number of hydrogen-bond donors (Lipinski definition) is 1. The standard InChI is InChI=1S/C19H16FN3O4S/c20-12-5-1-2-6-13(12)21-17(24)9-10-28-19-23-22-18(27-19)16-11-25-14-7-3-4-8-15(14)26-16/h1-8,16H,9-11H2,(H,21,24). The lowest BCUT2D eigenvalue weighted by molar-refractivity contribution is -0.115. The fourth-order valence-corrected chi connectivity index (χ4v) is 3.26. The molecule has 4 rings (SSSR count). The number of benzene rings is 2. The van der Waals surface area contributed by atoms with Crippen LogP contribution in [0, 0.1) is 5.82 Å². The Labute approximate surface area is 164 Å². The molecule has 1 aromatic heterocycles. The summed E-state index contributed by atoms with van der Waals surface area (Å²) in [4.78, 5) is 11.9. The number of fused-ring (bicyclic) bond motifs is 1. The van der Waals surface area contributed by atoms with Crippen molar-refractivity contribution in [3.63, 3.8) is 0 Å². The zero-order valence-corrected chi connectivity index (χ0v) is 15.4. The van der Waals surface area contributed by atoms with Crippen molar-refractivity contribution < 1.29 is 23.1 Å². The summed E-state index contributed by atoms with van der Waals surface area (Å²) in [6.45, 7) is 0.272. The molecule has 0 saturated heterocycles. The molecule has 7 nitrogen and oxygen atoms in total. The summed E-state index contributed by atoms with van der Waals surface area (Å²) in [6, 6.07) is 13.4. The Kier molecular flexibility index (Phi) is 5.43. The number of carbonyl (C=O) groups excluding carboxylic acids is 1. The second kappa shape index (κ2) is 8.30. The van der Waals surface area contributed by atoms with Crippen molar-refractivity contribution in [2.24, 2.45) is 0 Å². The van der Waals surface area contributed by atoms with Crippen LogP contribution in [0.2, 0.25) is 0 Å². The molecule has 0 saturated carbocycles. The number of amides is 1. The van der Waals surface area contributed by atoms with E-state index in [9.17, 15) is 9.18 Å².